The standard InChI is InChI=1S/C37H42ClN3O2/c1-36(2,3)27-10-11-32-30(21-27)31-20-26(35-29(34(31)40-32)13-16-37(4,5)43-35)9-12-33(42)39-22-24-14-17-41(18-15-24)23-25-7-6-8-28(38)19-25/h6-13,16,19-21,24,40H,14-15,17-18,22-23H2,1-5H3,(H,39,42)/b12-9+. The van der Waals surface area contributed by atoms with Crippen LogP contribution < -0.4 is 10.1 Å². The molecule has 1 fully saturated rings. The van der Waals surface area contributed by atoms with Crippen molar-refractivity contribution in [1.29, 1.82) is 0 Å². The molecule has 4 aromatic rings. The molecule has 0 atom stereocenters. The maximum Gasteiger partial charge on any atom is 0.244 e. The molecule has 2 N–H and O–H groups in total. The Bertz CT molecular complexity index is 1730. The lowest BCUT2D eigenvalue weighted by Gasteiger charge is -2.32. The Kier molecular flexibility index (Phi) is 7.91. The highest BCUT2D eigenvalue weighted by Gasteiger charge is 2.27. The first-order valence-electron chi connectivity index (χ1n) is 15.4. The highest BCUT2D eigenvalue weighted by Crippen LogP contribution is 2.42. The number of nitrogens with zero attached hydrogens (tertiary/aromatic N) is 1. The number of aromatic nitrogens is 1. The minimum absolute atomic E-state index is 0.0483. The summed E-state index contributed by atoms with van der Waals surface area (Å²) in [5, 5.41) is 6.26. The van der Waals surface area contributed by atoms with Crippen molar-refractivity contribution in [1.82, 2.24) is 15.2 Å². The van der Waals surface area contributed by atoms with E-state index < -0.39 is 5.60 Å². The third-order valence-corrected chi connectivity index (χ3v) is 9.01. The molecule has 43 heavy (non-hydrogen) atoms. The molecular weight excluding hydrogens is 554 g/mol. The summed E-state index contributed by atoms with van der Waals surface area (Å²) in [6, 6.07) is 16.9. The molecule has 1 amide bonds. The lowest BCUT2D eigenvalue weighted by molar-refractivity contribution is -0.116. The van der Waals surface area contributed by atoms with Crippen LogP contribution in [-0.2, 0) is 16.8 Å². The molecule has 0 radical (unpaired) electrons. The predicted molar refractivity (Wildman–Crippen MR) is 180 cm³/mol. The molecule has 224 valence electrons. The van der Waals surface area contributed by atoms with Crippen molar-refractivity contribution in [2.45, 2.75) is 65.0 Å². The first kappa shape index (κ1) is 29.5. The minimum Gasteiger partial charge on any atom is -0.482 e. The summed E-state index contributed by atoms with van der Waals surface area (Å²) in [7, 11) is 0. The van der Waals surface area contributed by atoms with E-state index in [-0.39, 0.29) is 11.3 Å². The Balaban J connectivity index is 1.17. The van der Waals surface area contributed by atoms with Crippen molar-refractivity contribution in [3.05, 3.63) is 88.0 Å². The summed E-state index contributed by atoms with van der Waals surface area (Å²) in [6.07, 6.45) is 9.95. The number of benzene rings is 3. The second-order valence-electron chi connectivity index (χ2n) is 13.7. The normalized spacial score (nSPS) is 17.4. The molecule has 1 aromatic heterocycles. The van der Waals surface area contributed by atoms with Gasteiger partial charge in [0.1, 0.15) is 11.4 Å². The zero-order valence-electron chi connectivity index (χ0n) is 25.9. The Hall–Kier alpha value is -3.54. The van der Waals surface area contributed by atoms with Crippen LogP contribution in [0.25, 0.3) is 34.0 Å². The van der Waals surface area contributed by atoms with Crippen molar-refractivity contribution in [2.24, 2.45) is 5.92 Å². The van der Waals surface area contributed by atoms with Gasteiger partial charge < -0.3 is 15.0 Å². The molecule has 6 heteroatoms. The van der Waals surface area contributed by atoms with Gasteiger partial charge in [-0.15, -0.1) is 0 Å². The van der Waals surface area contributed by atoms with E-state index in [0.717, 1.165) is 70.8 Å². The van der Waals surface area contributed by atoms with E-state index in [0.29, 0.717) is 12.5 Å². The van der Waals surface area contributed by atoms with Crippen LogP contribution in [0.15, 0.2) is 60.7 Å². The fourth-order valence-electron chi connectivity index (χ4n) is 6.22. The summed E-state index contributed by atoms with van der Waals surface area (Å²) in [5.41, 5.74) is 6.24. The highest BCUT2D eigenvalue weighted by molar-refractivity contribution is 6.30. The summed E-state index contributed by atoms with van der Waals surface area (Å²) in [4.78, 5) is 19.1. The van der Waals surface area contributed by atoms with Gasteiger partial charge >= 0.3 is 0 Å². The summed E-state index contributed by atoms with van der Waals surface area (Å²) in [5.74, 6) is 1.21. The number of halogens is 1. The molecule has 5 nitrogen and oxygen atoms in total. The van der Waals surface area contributed by atoms with Gasteiger partial charge in [-0.1, -0.05) is 50.6 Å². The number of piperidine rings is 1. The number of hydrogen-bond donors (Lipinski definition) is 2. The van der Waals surface area contributed by atoms with Crippen LogP contribution in [0.5, 0.6) is 5.75 Å². The molecule has 0 bridgehead atoms. The monoisotopic (exact) mass is 595 g/mol. The number of ether oxygens (including phenoxy) is 1. The van der Waals surface area contributed by atoms with E-state index in [4.69, 9.17) is 16.3 Å². The van der Waals surface area contributed by atoms with Gasteiger partial charge in [0.05, 0.1) is 5.52 Å². The largest absolute Gasteiger partial charge is 0.482 e. The van der Waals surface area contributed by atoms with Crippen molar-refractivity contribution < 1.29 is 9.53 Å². The third-order valence-electron chi connectivity index (χ3n) is 8.78. The van der Waals surface area contributed by atoms with Gasteiger partial charge in [-0.25, -0.2) is 0 Å². The van der Waals surface area contributed by atoms with Gasteiger partial charge in [-0.3, -0.25) is 9.69 Å². The van der Waals surface area contributed by atoms with Crippen LogP contribution in [0.2, 0.25) is 5.02 Å². The first-order valence-corrected chi connectivity index (χ1v) is 15.8. The number of rotatable bonds is 6. The number of amides is 1. The van der Waals surface area contributed by atoms with E-state index >= 15 is 0 Å². The Morgan fingerprint density at radius 3 is 2.65 bits per heavy atom. The molecule has 2 aliphatic rings. The topological polar surface area (TPSA) is 57.4 Å². The van der Waals surface area contributed by atoms with Gasteiger partial charge in [0.25, 0.3) is 0 Å². The smallest absolute Gasteiger partial charge is 0.244 e. The van der Waals surface area contributed by atoms with Crippen LogP contribution >= 0.6 is 11.6 Å². The molecule has 1 saturated heterocycles. The van der Waals surface area contributed by atoms with E-state index in [1.807, 2.05) is 24.3 Å². The van der Waals surface area contributed by atoms with E-state index in [9.17, 15) is 4.79 Å². The summed E-state index contributed by atoms with van der Waals surface area (Å²) < 4.78 is 6.48. The molecule has 6 rings (SSSR count). The van der Waals surface area contributed by atoms with Crippen LogP contribution in [0.1, 0.15) is 69.7 Å². The molecule has 0 saturated carbocycles. The van der Waals surface area contributed by atoms with Gasteiger partial charge in [0, 0.05) is 51.6 Å². The average Bonchev–Trinajstić information content (AvgIpc) is 3.32. The number of carbonyl (C=O) groups is 1. The quantitative estimate of drug-likeness (QED) is 0.220. The van der Waals surface area contributed by atoms with Gasteiger partial charge in [-0.2, -0.15) is 0 Å². The minimum atomic E-state index is -0.432. The Labute approximate surface area is 259 Å². The SMILES string of the molecule is CC1(C)C=Cc2c(c(/C=C/C(=O)NCC3CCN(Cc4cccc(Cl)c4)CC3)cc3c2[nH]c2ccc(C(C)(C)C)cc23)O1. The van der Waals surface area contributed by atoms with Crippen molar-refractivity contribution >= 4 is 51.5 Å². The fourth-order valence-corrected chi connectivity index (χ4v) is 6.43. The number of hydrogen-bond acceptors (Lipinski definition) is 3. The van der Waals surface area contributed by atoms with Gasteiger partial charge in [0.2, 0.25) is 5.91 Å². The van der Waals surface area contributed by atoms with Crippen LogP contribution in [-0.4, -0.2) is 41.0 Å². The van der Waals surface area contributed by atoms with Gasteiger partial charge in [-0.05, 0) is 111 Å². The Morgan fingerprint density at radius 2 is 1.91 bits per heavy atom. The maximum atomic E-state index is 13.0. The number of carbonyl (C=O) groups excluding carboxylic acids is 1. The van der Waals surface area contributed by atoms with Gasteiger partial charge in [0.15, 0.2) is 0 Å². The number of nitrogens with one attached hydrogen (secondary N) is 2. The van der Waals surface area contributed by atoms with Crippen LogP contribution in [0.3, 0.4) is 0 Å². The summed E-state index contributed by atoms with van der Waals surface area (Å²) in [6.45, 7) is 14.5. The first-order chi connectivity index (χ1) is 20.4. The number of aromatic amines is 1. The fraction of sp³-hybridized carbons (Fsp3) is 0.378. The molecule has 0 aliphatic carbocycles. The highest BCUT2D eigenvalue weighted by atomic mass is 35.5. The molecule has 0 unspecified atom stereocenters. The number of H-pyrrole nitrogens is 1. The van der Waals surface area contributed by atoms with E-state index in [1.165, 1.54) is 16.5 Å². The van der Waals surface area contributed by atoms with E-state index in [1.54, 1.807) is 6.08 Å². The average molecular weight is 596 g/mol. The molecule has 3 aromatic carbocycles. The summed E-state index contributed by atoms with van der Waals surface area (Å²) >= 11 is 6.16. The molecule has 3 heterocycles. The van der Waals surface area contributed by atoms with Crippen LogP contribution in [0, 0.1) is 5.92 Å². The molecule has 2 aliphatic heterocycles. The maximum absolute atomic E-state index is 13.0. The molecule has 0 spiro atoms. The number of fused-ring (bicyclic) bond motifs is 5. The molecular formula is C37H42ClN3O2. The Morgan fingerprint density at radius 1 is 1.12 bits per heavy atom. The second-order valence-corrected chi connectivity index (χ2v) is 14.2. The predicted octanol–water partition coefficient (Wildman–Crippen LogP) is 8.50. The van der Waals surface area contributed by atoms with Crippen molar-refractivity contribution in [2.75, 3.05) is 19.6 Å². The van der Waals surface area contributed by atoms with Crippen molar-refractivity contribution in [3.63, 3.8) is 0 Å². The second kappa shape index (κ2) is 11.5. The third kappa shape index (κ3) is 6.53. The zero-order chi connectivity index (χ0) is 30.4. The van der Waals surface area contributed by atoms with Crippen molar-refractivity contribution in [3.8, 4) is 5.75 Å². The van der Waals surface area contributed by atoms with Crippen LogP contribution in [0.4, 0.5) is 0 Å². The van der Waals surface area contributed by atoms with E-state index in [2.05, 4.69) is 92.3 Å². The number of likely N-dealkylation sites (tertiary alicyclic amines) is 1. The lowest BCUT2D eigenvalue weighted by atomic mass is 9.86. The lowest BCUT2D eigenvalue weighted by Crippen LogP contribution is -2.38. The zero-order valence-corrected chi connectivity index (χ0v) is 26.6.